The molecule has 82 valence electrons. The zero-order valence-corrected chi connectivity index (χ0v) is 9.33. The van der Waals surface area contributed by atoms with Crippen molar-refractivity contribution >= 4 is 29.2 Å². The Balaban J connectivity index is 2.91. The van der Waals surface area contributed by atoms with Crippen LogP contribution in [0.15, 0.2) is 23.2 Å². The quantitative estimate of drug-likeness (QED) is 0.556. The summed E-state index contributed by atoms with van der Waals surface area (Å²) >= 11 is 11.8. The van der Waals surface area contributed by atoms with E-state index in [2.05, 4.69) is 4.99 Å². The maximum absolute atomic E-state index is 9.74. The van der Waals surface area contributed by atoms with Crippen molar-refractivity contribution in [3.63, 3.8) is 0 Å². The van der Waals surface area contributed by atoms with E-state index in [0.717, 1.165) is 0 Å². The van der Waals surface area contributed by atoms with Crippen molar-refractivity contribution < 1.29 is 5.11 Å². The highest BCUT2D eigenvalue weighted by atomic mass is 35.5. The van der Waals surface area contributed by atoms with Crippen molar-refractivity contribution in [2.24, 2.45) is 16.5 Å². The number of guanidine groups is 1. The third kappa shape index (κ3) is 3.27. The molecule has 1 aromatic rings. The van der Waals surface area contributed by atoms with Crippen LogP contribution in [0.2, 0.25) is 10.0 Å². The first-order valence-corrected chi connectivity index (χ1v) is 4.95. The molecule has 0 aliphatic heterocycles. The number of nitrogens with zero attached hydrogens (tertiary/aromatic N) is 1. The summed E-state index contributed by atoms with van der Waals surface area (Å²) in [5.41, 5.74) is 10.7. The van der Waals surface area contributed by atoms with Gasteiger partial charge in [0.25, 0.3) is 0 Å². The lowest BCUT2D eigenvalue weighted by atomic mass is 10.1. The number of halogens is 2. The van der Waals surface area contributed by atoms with Gasteiger partial charge < -0.3 is 16.6 Å². The van der Waals surface area contributed by atoms with E-state index in [1.807, 2.05) is 0 Å². The first-order valence-electron chi connectivity index (χ1n) is 4.19. The molecule has 0 amide bonds. The largest absolute Gasteiger partial charge is 0.386 e. The Hall–Kier alpha value is -0.970. The maximum atomic E-state index is 9.74. The zero-order valence-electron chi connectivity index (χ0n) is 7.82. The van der Waals surface area contributed by atoms with Crippen molar-refractivity contribution in [1.82, 2.24) is 0 Å². The highest BCUT2D eigenvalue weighted by molar-refractivity contribution is 6.36. The van der Waals surface area contributed by atoms with Crippen LogP contribution >= 0.6 is 23.2 Å². The van der Waals surface area contributed by atoms with Gasteiger partial charge in [-0.05, 0) is 12.1 Å². The molecule has 1 rings (SSSR count). The predicted octanol–water partition coefficient (Wildman–Crippen LogP) is 1.30. The highest BCUT2D eigenvalue weighted by Gasteiger charge is 2.14. The van der Waals surface area contributed by atoms with Crippen LogP contribution in [0.25, 0.3) is 0 Å². The number of aliphatic hydroxyl groups excluding tert-OH is 1. The molecule has 0 heterocycles. The maximum Gasteiger partial charge on any atom is 0.186 e. The van der Waals surface area contributed by atoms with Gasteiger partial charge in [0.1, 0.15) is 6.10 Å². The lowest BCUT2D eigenvalue weighted by molar-refractivity contribution is 0.187. The average molecular weight is 248 g/mol. The van der Waals surface area contributed by atoms with Crippen LogP contribution in [0.1, 0.15) is 11.7 Å². The summed E-state index contributed by atoms with van der Waals surface area (Å²) in [6, 6.07) is 4.98. The van der Waals surface area contributed by atoms with Gasteiger partial charge in [-0.3, -0.25) is 4.99 Å². The normalized spacial score (nSPS) is 12.2. The molecular weight excluding hydrogens is 237 g/mol. The van der Waals surface area contributed by atoms with Crippen LogP contribution < -0.4 is 11.5 Å². The first kappa shape index (κ1) is 12.1. The molecule has 0 saturated carbocycles. The van der Waals surface area contributed by atoms with Gasteiger partial charge in [-0.15, -0.1) is 0 Å². The van der Waals surface area contributed by atoms with Gasteiger partial charge in [-0.2, -0.15) is 0 Å². The molecule has 0 spiro atoms. The van der Waals surface area contributed by atoms with Gasteiger partial charge in [0.15, 0.2) is 5.96 Å². The van der Waals surface area contributed by atoms with E-state index in [1.165, 1.54) is 0 Å². The van der Waals surface area contributed by atoms with E-state index in [4.69, 9.17) is 34.7 Å². The summed E-state index contributed by atoms with van der Waals surface area (Å²) in [6.07, 6.45) is -0.909. The van der Waals surface area contributed by atoms with Gasteiger partial charge in [0.2, 0.25) is 0 Å². The van der Waals surface area contributed by atoms with Crippen LogP contribution in [0.3, 0.4) is 0 Å². The number of benzene rings is 1. The summed E-state index contributed by atoms with van der Waals surface area (Å²) in [6.45, 7) is 0.0335. The number of aliphatic hydroxyl groups is 1. The van der Waals surface area contributed by atoms with Gasteiger partial charge in [0, 0.05) is 15.6 Å². The second-order valence-corrected chi connectivity index (χ2v) is 3.73. The van der Waals surface area contributed by atoms with E-state index >= 15 is 0 Å². The monoisotopic (exact) mass is 247 g/mol. The van der Waals surface area contributed by atoms with Crippen LogP contribution in [0.5, 0.6) is 0 Å². The molecule has 1 unspecified atom stereocenters. The Labute approximate surface area is 97.5 Å². The Bertz CT molecular complexity index is 357. The Morgan fingerprint density at radius 3 is 2.33 bits per heavy atom. The second-order valence-electron chi connectivity index (χ2n) is 2.92. The standard InChI is InChI=1S/C9H11Cl2N3O/c10-5-2-1-3-6(11)8(5)7(15)4-14-9(12)13/h1-3,7,15H,4H2,(H4,12,13,14). The molecule has 0 saturated heterocycles. The minimum atomic E-state index is -0.909. The minimum absolute atomic E-state index is 0.0335. The lowest BCUT2D eigenvalue weighted by Gasteiger charge is -2.12. The third-order valence-electron chi connectivity index (χ3n) is 1.78. The summed E-state index contributed by atoms with van der Waals surface area (Å²) < 4.78 is 0. The molecule has 0 aromatic heterocycles. The van der Waals surface area contributed by atoms with E-state index in [9.17, 15) is 5.11 Å². The molecule has 0 radical (unpaired) electrons. The van der Waals surface area contributed by atoms with Crippen LogP contribution in [0.4, 0.5) is 0 Å². The summed E-state index contributed by atoms with van der Waals surface area (Å²) in [7, 11) is 0. The molecule has 1 aromatic carbocycles. The minimum Gasteiger partial charge on any atom is -0.386 e. The van der Waals surface area contributed by atoms with Crippen molar-refractivity contribution in [3.05, 3.63) is 33.8 Å². The highest BCUT2D eigenvalue weighted by Crippen LogP contribution is 2.30. The molecule has 1 atom stereocenters. The van der Waals surface area contributed by atoms with E-state index in [0.29, 0.717) is 15.6 Å². The summed E-state index contributed by atoms with van der Waals surface area (Å²) in [5.74, 6) is -0.0859. The number of aliphatic imine (C=N–C) groups is 1. The molecule has 6 heteroatoms. The van der Waals surface area contributed by atoms with Crippen molar-refractivity contribution in [1.29, 1.82) is 0 Å². The number of rotatable bonds is 3. The molecule has 5 N–H and O–H groups in total. The molecular formula is C9H11Cl2N3O. The summed E-state index contributed by atoms with van der Waals surface area (Å²) in [5, 5.41) is 10.5. The average Bonchev–Trinajstić information content (AvgIpc) is 2.14. The van der Waals surface area contributed by atoms with E-state index in [1.54, 1.807) is 18.2 Å². The predicted molar refractivity (Wildman–Crippen MR) is 62.1 cm³/mol. The Morgan fingerprint density at radius 1 is 1.33 bits per heavy atom. The van der Waals surface area contributed by atoms with E-state index in [-0.39, 0.29) is 12.5 Å². The summed E-state index contributed by atoms with van der Waals surface area (Å²) in [4.78, 5) is 3.69. The zero-order chi connectivity index (χ0) is 11.4. The topological polar surface area (TPSA) is 84.6 Å². The molecule has 0 aliphatic carbocycles. The molecule has 0 aliphatic rings. The van der Waals surface area contributed by atoms with Crippen molar-refractivity contribution in [3.8, 4) is 0 Å². The van der Waals surface area contributed by atoms with Crippen molar-refractivity contribution in [2.45, 2.75) is 6.10 Å². The van der Waals surface area contributed by atoms with Gasteiger partial charge in [0.05, 0.1) is 6.54 Å². The van der Waals surface area contributed by atoms with Crippen LogP contribution in [0, 0.1) is 0 Å². The van der Waals surface area contributed by atoms with Gasteiger partial charge in [-0.25, -0.2) is 0 Å². The molecule has 4 nitrogen and oxygen atoms in total. The van der Waals surface area contributed by atoms with Crippen LogP contribution in [-0.4, -0.2) is 17.6 Å². The van der Waals surface area contributed by atoms with Gasteiger partial charge in [-0.1, -0.05) is 29.3 Å². The first-order chi connectivity index (χ1) is 7.02. The second kappa shape index (κ2) is 5.21. The number of hydrogen-bond donors (Lipinski definition) is 3. The number of hydrogen-bond acceptors (Lipinski definition) is 2. The molecule has 0 bridgehead atoms. The van der Waals surface area contributed by atoms with Crippen molar-refractivity contribution in [2.75, 3.05) is 6.54 Å². The van der Waals surface area contributed by atoms with Gasteiger partial charge >= 0.3 is 0 Å². The fourth-order valence-electron chi connectivity index (χ4n) is 1.11. The fourth-order valence-corrected chi connectivity index (χ4v) is 1.76. The molecule has 0 fully saturated rings. The fraction of sp³-hybridized carbons (Fsp3) is 0.222. The Morgan fingerprint density at radius 2 is 1.87 bits per heavy atom. The molecule has 15 heavy (non-hydrogen) atoms. The Kier molecular flexibility index (Phi) is 4.20. The SMILES string of the molecule is NC(N)=NCC(O)c1c(Cl)cccc1Cl. The smallest absolute Gasteiger partial charge is 0.186 e. The van der Waals surface area contributed by atoms with Crippen LogP contribution in [-0.2, 0) is 0 Å². The third-order valence-corrected chi connectivity index (χ3v) is 2.44. The van der Waals surface area contributed by atoms with E-state index < -0.39 is 6.10 Å². The number of nitrogens with two attached hydrogens (primary N) is 2. The lowest BCUT2D eigenvalue weighted by Crippen LogP contribution is -2.23.